The Labute approximate surface area is 104 Å². The second-order valence-electron chi connectivity index (χ2n) is 4.68. The van der Waals surface area contributed by atoms with E-state index in [0.29, 0.717) is 18.4 Å². The first-order valence-corrected chi connectivity index (χ1v) is 6.09. The summed E-state index contributed by atoms with van der Waals surface area (Å²) < 4.78 is 0. The zero-order chi connectivity index (χ0) is 12.8. The molecule has 0 heterocycles. The first-order valence-electron chi connectivity index (χ1n) is 6.09. The molecule has 1 amide bonds. The molecule has 0 fully saturated rings. The van der Waals surface area contributed by atoms with Crippen LogP contribution >= 0.6 is 0 Å². The summed E-state index contributed by atoms with van der Waals surface area (Å²) in [5.41, 5.74) is 2.09. The van der Waals surface area contributed by atoms with Gasteiger partial charge in [-0.25, -0.2) is 0 Å². The molecule has 0 aromatic heterocycles. The minimum absolute atomic E-state index is 0.0384. The van der Waals surface area contributed by atoms with Crippen LogP contribution in [-0.4, -0.2) is 19.0 Å². The van der Waals surface area contributed by atoms with Gasteiger partial charge in [-0.1, -0.05) is 32.0 Å². The molecule has 17 heavy (non-hydrogen) atoms. The average Bonchev–Trinajstić information content (AvgIpc) is 2.31. The van der Waals surface area contributed by atoms with Gasteiger partial charge in [0, 0.05) is 18.8 Å². The summed E-state index contributed by atoms with van der Waals surface area (Å²) in [5, 5.41) is 6.11. The monoisotopic (exact) mass is 234 g/mol. The van der Waals surface area contributed by atoms with Crippen LogP contribution in [0.2, 0.25) is 0 Å². The number of carbonyl (C=O) groups is 1. The maximum atomic E-state index is 11.4. The molecule has 0 bridgehead atoms. The van der Waals surface area contributed by atoms with Gasteiger partial charge >= 0.3 is 0 Å². The highest BCUT2D eigenvalue weighted by Gasteiger charge is 2.10. The summed E-state index contributed by atoms with van der Waals surface area (Å²) in [4.78, 5) is 11.4. The number of anilines is 1. The largest absolute Gasteiger partial charge is 0.382 e. The van der Waals surface area contributed by atoms with E-state index in [-0.39, 0.29) is 5.91 Å². The van der Waals surface area contributed by atoms with Crippen molar-refractivity contribution in [1.82, 2.24) is 5.32 Å². The third kappa shape index (κ3) is 4.10. The van der Waals surface area contributed by atoms with Gasteiger partial charge in [-0.2, -0.15) is 0 Å². The Hall–Kier alpha value is -1.51. The van der Waals surface area contributed by atoms with E-state index in [1.807, 2.05) is 24.3 Å². The summed E-state index contributed by atoms with van der Waals surface area (Å²) in [6, 6.07) is 8.36. The number of para-hydroxylation sites is 1. The van der Waals surface area contributed by atoms with Crippen molar-refractivity contribution in [2.45, 2.75) is 33.2 Å². The predicted molar refractivity (Wildman–Crippen MR) is 72.1 cm³/mol. The minimum atomic E-state index is 0.0384. The van der Waals surface area contributed by atoms with E-state index in [1.165, 1.54) is 0 Å². The lowest BCUT2D eigenvalue weighted by Crippen LogP contribution is -2.24. The van der Waals surface area contributed by atoms with E-state index in [0.717, 1.165) is 11.3 Å². The fourth-order valence-electron chi connectivity index (χ4n) is 1.49. The van der Waals surface area contributed by atoms with Crippen molar-refractivity contribution < 1.29 is 4.79 Å². The number of hydrogen-bond acceptors (Lipinski definition) is 2. The van der Waals surface area contributed by atoms with Gasteiger partial charge in [0.1, 0.15) is 0 Å². The molecule has 94 valence electrons. The zero-order valence-electron chi connectivity index (χ0n) is 11.1. The molecule has 1 atom stereocenters. The van der Waals surface area contributed by atoms with E-state index in [9.17, 15) is 4.79 Å². The van der Waals surface area contributed by atoms with Crippen LogP contribution in [-0.2, 0) is 11.2 Å². The van der Waals surface area contributed by atoms with Crippen LogP contribution in [0.15, 0.2) is 24.3 Å². The lowest BCUT2D eigenvalue weighted by atomic mass is 10.0. The summed E-state index contributed by atoms with van der Waals surface area (Å²) in [6.45, 7) is 6.51. The van der Waals surface area contributed by atoms with Crippen LogP contribution in [0.1, 0.15) is 26.3 Å². The molecule has 1 unspecified atom stereocenters. The molecule has 1 aromatic rings. The van der Waals surface area contributed by atoms with E-state index >= 15 is 0 Å². The van der Waals surface area contributed by atoms with Crippen LogP contribution in [0.5, 0.6) is 0 Å². The maximum Gasteiger partial charge on any atom is 0.224 e. The molecule has 0 saturated heterocycles. The van der Waals surface area contributed by atoms with Crippen molar-refractivity contribution in [3.05, 3.63) is 29.8 Å². The second kappa shape index (κ2) is 6.28. The Kier molecular flexibility index (Phi) is 5.01. The van der Waals surface area contributed by atoms with Crippen LogP contribution in [0, 0.1) is 5.92 Å². The van der Waals surface area contributed by atoms with Crippen molar-refractivity contribution in [3.8, 4) is 0 Å². The molecule has 0 aliphatic carbocycles. The maximum absolute atomic E-state index is 11.4. The SMILES string of the molecule is CNC(=O)Cc1ccccc1NC(C)C(C)C. The fraction of sp³-hybridized carbons (Fsp3) is 0.500. The standard InChI is InChI=1S/C14H22N2O/c1-10(2)11(3)16-13-8-6-5-7-12(13)9-14(17)15-4/h5-8,10-11,16H,9H2,1-4H3,(H,15,17). The number of rotatable bonds is 5. The minimum Gasteiger partial charge on any atom is -0.382 e. The Morgan fingerprint density at radius 3 is 2.47 bits per heavy atom. The smallest absolute Gasteiger partial charge is 0.224 e. The lowest BCUT2D eigenvalue weighted by Gasteiger charge is -2.20. The molecule has 3 heteroatoms. The highest BCUT2D eigenvalue weighted by atomic mass is 16.1. The second-order valence-corrected chi connectivity index (χ2v) is 4.68. The molecule has 1 rings (SSSR count). The van der Waals surface area contributed by atoms with Gasteiger partial charge in [-0.05, 0) is 24.5 Å². The summed E-state index contributed by atoms with van der Waals surface area (Å²) >= 11 is 0. The number of hydrogen-bond donors (Lipinski definition) is 2. The Bertz CT molecular complexity index is 374. The summed E-state index contributed by atoms with van der Waals surface area (Å²) in [5.74, 6) is 0.597. The van der Waals surface area contributed by atoms with Gasteiger partial charge in [0.2, 0.25) is 5.91 Å². The molecule has 0 radical (unpaired) electrons. The van der Waals surface area contributed by atoms with Gasteiger partial charge in [-0.3, -0.25) is 4.79 Å². The molecule has 0 saturated carbocycles. The summed E-state index contributed by atoms with van der Waals surface area (Å²) in [6.07, 6.45) is 0.421. The number of amides is 1. The van der Waals surface area contributed by atoms with Gasteiger partial charge in [-0.15, -0.1) is 0 Å². The molecule has 2 N–H and O–H groups in total. The molecule has 3 nitrogen and oxygen atoms in total. The lowest BCUT2D eigenvalue weighted by molar-refractivity contribution is -0.119. The molecular formula is C14H22N2O. The predicted octanol–water partition coefficient (Wildman–Crippen LogP) is 2.43. The van der Waals surface area contributed by atoms with E-state index in [1.54, 1.807) is 7.05 Å². The molecule has 0 aliphatic rings. The van der Waals surface area contributed by atoms with Crippen molar-refractivity contribution in [3.63, 3.8) is 0 Å². The number of nitrogens with one attached hydrogen (secondary N) is 2. The first kappa shape index (κ1) is 13.6. The number of likely N-dealkylation sites (N-methyl/N-ethyl adjacent to an activating group) is 1. The Balaban J connectivity index is 2.80. The highest BCUT2D eigenvalue weighted by molar-refractivity contribution is 5.80. The summed E-state index contributed by atoms with van der Waals surface area (Å²) in [7, 11) is 1.66. The van der Waals surface area contributed by atoms with Crippen molar-refractivity contribution in [2.24, 2.45) is 5.92 Å². The highest BCUT2D eigenvalue weighted by Crippen LogP contribution is 2.18. The first-order chi connectivity index (χ1) is 8.04. The quantitative estimate of drug-likeness (QED) is 0.821. The molecule has 0 aliphatic heterocycles. The fourth-order valence-corrected chi connectivity index (χ4v) is 1.49. The Morgan fingerprint density at radius 1 is 1.24 bits per heavy atom. The van der Waals surface area contributed by atoms with Crippen molar-refractivity contribution in [2.75, 3.05) is 12.4 Å². The van der Waals surface area contributed by atoms with Gasteiger partial charge in [0.05, 0.1) is 6.42 Å². The van der Waals surface area contributed by atoms with Gasteiger partial charge in [0.15, 0.2) is 0 Å². The third-order valence-corrected chi connectivity index (χ3v) is 3.03. The normalized spacial score (nSPS) is 12.3. The van der Waals surface area contributed by atoms with Gasteiger partial charge < -0.3 is 10.6 Å². The molecule has 0 spiro atoms. The number of benzene rings is 1. The van der Waals surface area contributed by atoms with E-state index in [4.69, 9.17) is 0 Å². The van der Waals surface area contributed by atoms with E-state index in [2.05, 4.69) is 31.4 Å². The van der Waals surface area contributed by atoms with Crippen LogP contribution < -0.4 is 10.6 Å². The number of carbonyl (C=O) groups excluding carboxylic acids is 1. The van der Waals surface area contributed by atoms with Crippen LogP contribution in [0.25, 0.3) is 0 Å². The Morgan fingerprint density at radius 2 is 1.88 bits per heavy atom. The topological polar surface area (TPSA) is 41.1 Å². The van der Waals surface area contributed by atoms with Crippen molar-refractivity contribution >= 4 is 11.6 Å². The average molecular weight is 234 g/mol. The van der Waals surface area contributed by atoms with Crippen molar-refractivity contribution in [1.29, 1.82) is 0 Å². The van der Waals surface area contributed by atoms with Crippen LogP contribution in [0.4, 0.5) is 5.69 Å². The van der Waals surface area contributed by atoms with Crippen LogP contribution in [0.3, 0.4) is 0 Å². The molecular weight excluding hydrogens is 212 g/mol. The van der Waals surface area contributed by atoms with Gasteiger partial charge in [0.25, 0.3) is 0 Å². The zero-order valence-corrected chi connectivity index (χ0v) is 11.1. The third-order valence-electron chi connectivity index (χ3n) is 3.03. The molecule has 1 aromatic carbocycles. The van der Waals surface area contributed by atoms with E-state index < -0.39 is 0 Å².